The van der Waals surface area contributed by atoms with E-state index in [1.165, 1.54) is 24.3 Å². The van der Waals surface area contributed by atoms with Gasteiger partial charge >= 0.3 is 0 Å². The second-order valence-corrected chi connectivity index (χ2v) is 8.10. The van der Waals surface area contributed by atoms with E-state index < -0.39 is 51.4 Å². The molecule has 0 aliphatic carbocycles. The number of alkyl halides is 2. The Morgan fingerprint density at radius 1 is 1.05 bits per heavy atom. The molecule has 0 saturated heterocycles. The molecule has 0 fully saturated rings. The quantitative estimate of drug-likeness (QED) is 0.549. The highest BCUT2D eigenvalue weighted by molar-refractivity contribution is 7.90. The summed E-state index contributed by atoms with van der Waals surface area (Å²) in [6, 6.07) is 7.35. The van der Waals surface area contributed by atoms with E-state index in [0.717, 1.165) is 0 Å². The topological polar surface area (TPSA) is 118 Å². The summed E-state index contributed by atoms with van der Waals surface area (Å²) in [5.41, 5.74) is 4.78. The molecular weight excluding hydrogens is 340 g/mol. The van der Waals surface area contributed by atoms with Gasteiger partial charge in [-0.3, -0.25) is 0 Å². The van der Waals surface area contributed by atoms with E-state index in [4.69, 9.17) is 5.73 Å². The largest absolute Gasteiger partial charge is 0.325 e. The van der Waals surface area contributed by atoms with Gasteiger partial charge in [-0.05, 0) is 12.1 Å². The van der Waals surface area contributed by atoms with Crippen LogP contribution in [-0.2, 0) is 20.0 Å². The molecule has 0 saturated carbocycles. The van der Waals surface area contributed by atoms with Gasteiger partial charge in [0.2, 0.25) is 20.0 Å². The maximum atomic E-state index is 12.9. The van der Waals surface area contributed by atoms with Gasteiger partial charge in [-0.25, -0.2) is 35.1 Å². The minimum Gasteiger partial charge on any atom is -0.325 e. The van der Waals surface area contributed by atoms with E-state index in [1.807, 2.05) is 0 Å². The van der Waals surface area contributed by atoms with Crippen LogP contribution in [0.4, 0.5) is 8.78 Å². The average molecular weight is 357 g/mol. The molecule has 1 rings (SSSR count). The Morgan fingerprint density at radius 3 is 2.18 bits per heavy atom. The minimum absolute atomic E-state index is 0.0185. The standard InChI is InChI=1S/C11H17F2N3O4S2/c12-11(13,8-14)9-16-21(17,18)7-6-15-22(19,20)10-4-2-1-3-5-10/h1-5,15-16H,6-9,14H2. The first-order valence-electron chi connectivity index (χ1n) is 6.18. The molecule has 1 aromatic carbocycles. The van der Waals surface area contributed by atoms with Crippen molar-refractivity contribution in [1.29, 1.82) is 0 Å². The number of sulfonamides is 2. The Hall–Kier alpha value is -1.14. The molecule has 0 heterocycles. The molecule has 1 aromatic rings. The van der Waals surface area contributed by atoms with Crippen LogP contribution in [0.1, 0.15) is 0 Å². The third-order valence-electron chi connectivity index (χ3n) is 2.57. The molecule has 22 heavy (non-hydrogen) atoms. The molecule has 0 bridgehead atoms. The van der Waals surface area contributed by atoms with E-state index in [0.29, 0.717) is 0 Å². The second-order valence-electron chi connectivity index (χ2n) is 4.41. The fourth-order valence-electron chi connectivity index (χ4n) is 1.35. The summed E-state index contributed by atoms with van der Waals surface area (Å²) in [7, 11) is -7.88. The Balaban J connectivity index is 2.53. The molecule has 0 aliphatic heterocycles. The van der Waals surface area contributed by atoms with Crippen molar-refractivity contribution in [2.75, 3.05) is 25.4 Å². The number of hydrogen-bond donors (Lipinski definition) is 3. The van der Waals surface area contributed by atoms with Crippen LogP contribution >= 0.6 is 0 Å². The number of benzene rings is 1. The Bertz CT molecular complexity index is 679. The number of nitrogens with two attached hydrogens (primary N) is 1. The number of rotatable bonds is 9. The summed E-state index contributed by atoms with van der Waals surface area (Å²) >= 11 is 0. The molecule has 0 radical (unpaired) electrons. The molecular formula is C11H17F2N3O4S2. The summed E-state index contributed by atoms with van der Waals surface area (Å²) in [5, 5.41) is 0. The predicted octanol–water partition coefficient (Wildman–Crippen LogP) is -0.522. The zero-order valence-electron chi connectivity index (χ0n) is 11.5. The lowest BCUT2D eigenvalue weighted by atomic mass is 10.3. The summed E-state index contributed by atoms with van der Waals surface area (Å²) in [5.74, 6) is -4.02. The van der Waals surface area contributed by atoms with E-state index in [9.17, 15) is 25.6 Å². The Labute approximate surface area is 128 Å². The second kappa shape index (κ2) is 7.42. The molecule has 0 amide bonds. The molecule has 7 nitrogen and oxygen atoms in total. The van der Waals surface area contributed by atoms with Gasteiger partial charge in [-0.1, -0.05) is 18.2 Å². The normalized spacial score (nSPS) is 13.2. The highest BCUT2D eigenvalue weighted by atomic mass is 32.2. The molecule has 126 valence electrons. The van der Waals surface area contributed by atoms with Crippen molar-refractivity contribution in [3.8, 4) is 0 Å². The van der Waals surface area contributed by atoms with Gasteiger partial charge in [0.1, 0.15) is 0 Å². The van der Waals surface area contributed by atoms with Crippen LogP contribution in [-0.4, -0.2) is 48.1 Å². The van der Waals surface area contributed by atoms with Crippen LogP contribution in [0, 0.1) is 0 Å². The molecule has 0 aromatic heterocycles. The maximum Gasteiger partial charge on any atom is 0.273 e. The molecule has 0 unspecified atom stereocenters. The van der Waals surface area contributed by atoms with Gasteiger partial charge in [0.15, 0.2) is 0 Å². The van der Waals surface area contributed by atoms with Gasteiger partial charge < -0.3 is 5.73 Å². The summed E-state index contributed by atoms with van der Waals surface area (Å²) in [4.78, 5) is -0.0185. The minimum atomic E-state index is -4.04. The fourth-order valence-corrected chi connectivity index (χ4v) is 3.48. The van der Waals surface area contributed by atoms with Crippen LogP contribution in [0.2, 0.25) is 0 Å². The number of nitrogens with one attached hydrogen (secondary N) is 2. The Kier molecular flexibility index (Phi) is 6.38. The van der Waals surface area contributed by atoms with E-state index in [2.05, 4.69) is 4.72 Å². The van der Waals surface area contributed by atoms with Crippen molar-refractivity contribution in [1.82, 2.24) is 9.44 Å². The lowest BCUT2D eigenvalue weighted by molar-refractivity contribution is 0.0170. The van der Waals surface area contributed by atoms with Gasteiger partial charge in [-0.2, -0.15) is 0 Å². The summed E-state index contributed by atoms with van der Waals surface area (Å²) in [6.07, 6.45) is 0. The van der Waals surface area contributed by atoms with Crippen molar-refractivity contribution in [2.24, 2.45) is 5.73 Å². The monoisotopic (exact) mass is 357 g/mol. The third-order valence-corrected chi connectivity index (χ3v) is 5.37. The molecule has 0 spiro atoms. The molecule has 0 aliphatic rings. The lowest BCUT2D eigenvalue weighted by Gasteiger charge is -2.14. The van der Waals surface area contributed by atoms with Gasteiger partial charge in [-0.15, -0.1) is 0 Å². The van der Waals surface area contributed by atoms with Crippen LogP contribution in [0.25, 0.3) is 0 Å². The van der Waals surface area contributed by atoms with Crippen LogP contribution in [0.5, 0.6) is 0 Å². The zero-order valence-corrected chi connectivity index (χ0v) is 13.1. The maximum absolute atomic E-state index is 12.9. The average Bonchev–Trinajstić information content (AvgIpc) is 2.46. The van der Waals surface area contributed by atoms with Crippen LogP contribution in [0.15, 0.2) is 35.2 Å². The van der Waals surface area contributed by atoms with Crippen LogP contribution < -0.4 is 15.2 Å². The van der Waals surface area contributed by atoms with Crippen molar-refractivity contribution in [3.63, 3.8) is 0 Å². The highest BCUT2D eigenvalue weighted by Gasteiger charge is 2.28. The first-order chi connectivity index (χ1) is 10.1. The smallest absolute Gasteiger partial charge is 0.273 e. The molecule has 0 atom stereocenters. The van der Waals surface area contributed by atoms with E-state index in [-0.39, 0.29) is 4.90 Å². The molecule has 4 N–H and O–H groups in total. The van der Waals surface area contributed by atoms with Gasteiger partial charge in [0.25, 0.3) is 5.92 Å². The van der Waals surface area contributed by atoms with Gasteiger partial charge in [0.05, 0.1) is 23.7 Å². The summed E-state index contributed by atoms with van der Waals surface area (Å²) in [6.45, 7) is -2.56. The molecule has 11 heteroatoms. The van der Waals surface area contributed by atoms with Crippen molar-refractivity contribution < 1.29 is 25.6 Å². The van der Waals surface area contributed by atoms with E-state index in [1.54, 1.807) is 10.8 Å². The first-order valence-corrected chi connectivity index (χ1v) is 9.31. The van der Waals surface area contributed by atoms with Crippen molar-refractivity contribution in [2.45, 2.75) is 10.8 Å². The van der Waals surface area contributed by atoms with E-state index >= 15 is 0 Å². The highest BCUT2D eigenvalue weighted by Crippen LogP contribution is 2.09. The zero-order chi connectivity index (χ0) is 16.9. The number of hydrogen-bond acceptors (Lipinski definition) is 5. The third kappa shape index (κ3) is 6.32. The fraction of sp³-hybridized carbons (Fsp3) is 0.455. The predicted molar refractivity (Wildman–Crippen MR) is 77.4 cm³/mol. The Morgan fingerprint density at radius 2 is 1.64 bits per heavy atom. The van der Waals surface area contributed by atoms with Crippen LogP contribution in [0.3, 0.4) is 0 Å². The van der Waals surface area contributed by atoms with Gasteiger partial charge in [0, 0.05) is 6.54 Å². The summed E-state index contributed by atoms with van der Waals surface area (Å²) < 4.78 is 76.1. The lowest BCUT2D eigenvalue weighted by Crippen LogP contribution is -2.43. The van der Waals surface area contributed by atoms with Crippen molar-refractivity contribution >= 4 is 20.0 Å². The van der Waals surface area contributed by atoms with Crippen molar-refractivity contribution in [3.05, 3.63) is 30.3 Å². The SMILES string of the molecule is NCC(F)(F)CNS(=O)(=O)CCNS(=O)(=O)c1ccccc1. The first kappa shape index (κ1) is 18.9. The number of halogens is 2.